The fraction of sp³-hybridized carbons (Fsp3) is 0. The molecule has 3 aromatic carbocycles. The molecule has 3 aromatic rings. The van der Waals surface area contributed by atoms with Gasteiger partial charge in [-0.1, -0.05) is 30.3 Å². The number of rotatable bonds is 4. The average Bonchev–Trinajstić information content (AvgIpc) is 2.62. The maximum absolute atomic E-state index is 13.1. The minimum absolute atomic E-state index is 0.0451. The van der Waals surface area contributed by atoms with E-state index < -0.39 is 19.7 Å². The van der Waals surface area contributed by atoms with Crippen LogP contribution in [0.2, 0.25) is 0 Å². The second kappa shape index (κ2) is 6.47. The Kier molecular flexibility index (Phi) is 4.47. The number of benzene rings is 3. The average molecular weight is 388 g/mol. The normalized spacial score (nSPS) is 12.0. The lowest BCUT2D eigenvalue weighted by Crippen LogP contribution is -2.12. The lowest BCUT2D eigenvalue weighted by atomic mass is 10.3. The van der Waals surface area contributed by atoms with Gasteiger partial charge in [-0.3, -0.25) is 0 Å². The molecule has 0 aliphatic rings. The zero-order chi connectivity index (χ0) is 18.9. The van der Waals surface area contributed by atoms with Gasteiger partial charge in [-0.2, -0.15) is 0 Å². The Bertz CT molecular complexity index is 1190. The van der Waals surface area contributed by atoms with Crippen molar-refractivity contribution in [3.63, 3.8) is 0 Å². The van der Waals surface area contributed by atoms with Crippen molar-refractivity contribution in [1.82, 2.24) is 0 Å². The Morgan fingerprint density at radius 1 is 0.577 bits per heavy atom. The van der Waals surface area contributed by atoms with Gasteiger partial charge in [0.2, 0.25) is 19.7 Å². The van der Waals surface area contributed by atoms with Gasteiger partial charge in [0.25, 0.3) is 0 Å². The monoisotopic (exact) mass is 388 g/mol. The molecule has 6 nitrogen and oxygen atoms in total. The first-order valence-corrected chi connectivity index (χ1v) is 10.5. The van der Waals surface area contributed by atoms with Gasteiger partial charge in [0.15, 0.2) is 0 Å². The molecule has 8 heteroatoms. The molecule has 0 atom stereocenters. The SMILES string of the molecule is Nc1cccc(S(=O)(=O)c2ccccc2S(=O)(=O)c2ccccc2N)c1. The van der Waals surface area contributed by atoms with E-state index in [4.69, 9.17) is 11.5 Å². The Hall–Kier alpha value is -2.84. The Morgan fingerprint density at radius 3 is 1.69 bits per heavy atom. The molecule has 3 rings (SSSR count). The molecule has 0 radical (unpaired) electrons. The van der Waals surface area contributed by atoms with Gasteiger partial charge in [-0.05, 0) is 42.5 Å². The molecular weight excluding hydrogens is 372 g/mol. The highest BCUT2D eigenvalue weighted by atomic mass is 32.2. The van der Waals surface area contributed by atoms with Crippen molar-refractivity contribution in [3.05, 3.63) is 72.8 Å². The van der Waals surface area contributed by atoms with Crippen LogP contribution in [-0.2, 0) is 19.7 Å². The van der Waals surface area contributed by atoms with Crippen LogP contribution in [0.5, 0.6) is 0 Å². The predicted molar refractivity (Wildman–Crippen MR) is 99.1 cm³/mol. The third kappa shape index (κ3) is 3.04. The van der Waals surface area contributed by atoms with E-state index in [1.165, 1.54) is 60.7 Å². The topological polar surface area (TPSA) is 120 Å². The summed E-state index contributed by atoms with van der Waals surface area (Å²) < 4.78 is 52.1. The largest absolute Gasteiger partial charge is 0.399 e. The third-order valence-electron chi connectivity index (χ3n) is 3.81. The van der Waals surface area contributed by atoms with Gasteiger partial charge < -0.3 is 11.5 Å². The molecule has 0 heterocycles. The third-order valence-corrected chi connectivity index (χ3v) is 7.63. The second-order valence-electron chi connectivity index (χ2n) is 5.56. The number of hydrogen-bond donors (Lipinski definition) is 2. The molecule has 0 bridgehead atoms. The number of hydrogen-bond acceptors (Lipinski definition) is 6. The fourth-order valence-electron chi connectivity index (χ4n) is 2.55. The number of nitrogen functional groups attached to an aromatic ring is 2. The molecule has 134 valence electrons. The summed E-state index contributed by atoms with van der Waals surface area (Å²) in [5.41, 5.74) is 11.8. The van der Waals surface area contributed by atoms with Crippen LogP contribution in [0, 0.1) is 0 Å². The van der Waals surface area contributed by atoms with E-state index in [9.17, 15) is 16.8 Å². The van der Waals surface area contributed by atoms with Crippen LogP contribution in [0.15, 0.2) is 92.4 Å². The van der Waals surface area contributed by atoms with Crippen molar-refractivity contribution in [2.24, 2.45) is 0 Å². The van der Waals surface area contributed by atoms with Crippen molar-refractivity contribution in [3.8, 4) is 0 Å². The molecule has 0 aliphatic heterocycles. The number of sulfone groups is 2. The molecule has 0 saturated heterocycles. The van der Waals surface area contributed by atoms with Gasteiger partial charge in [0, 0.05) is 5.69 Å². The van der Waals surface area contributed by atoms with Crippen LogP contribution in [0.3, 0.4) is 0 Å². The van der Waals surface area contributed by atoms with Crippen molar-refractivity contribution < 1.29 is 16.8 Å². The van der Waals surface area contributed by atoms with Gasteiger partial charge in [0.1, 0.15) is 0 Å². The first-order valence-electron chi connectivity index (χ1n) is 7.54. The van der Waals surface area contributed by atoms with Crippen LogP contribution >= 0.6 is 0 Å². The summed E-state index contributed by atoms with van der Waals surface area (Å²) in [5, 5.41) is 0. The first-order chi connectivity index (χ1) is 12.2. The first kappa shape index (κ1) is 18.0. The zero-order valence-electron chi connectivity index (χ0n) is 13.5. The van der Waals surface area contributed by atoms with Crippen molar-refractivity contribution in [2.45, 2.75) is 19.6 Å². The van der Waals surface area contributed by atoms with E-state index in [0.29, 0.717) is 0 Å². The smallest absolute Gasteiger partial charge is 0.209 e. The highest BCUT2D eigenvalue weighted by molar-refractivity contribution is 7.94. The van der Waals surface area contributed by atoms with Crippen LogP contribution in [-0.4, -0.2) is 16.8 Å². The van der Waals surface area contributed by atoms with Crippen LogP contribution in [0.1, 0.15) is 0 Å². The van der Waals surface area contributed by atoms with Crippen molar-refractivity contribution in [2.75, 3.05) is 11.5 Å². The molecule has 0 aromatic heterocycles. The summed E-state index contributed by atoms with van der Waals surface area (Å²) in [7, 11) is -8.23. The summed E-state index contributed by atoms with van der Waals surface area (Å²) in [4.78, 5) is -0.884. The predicted octanol–water partition coefficient (Wildman–Crippen LogP) is 2.52. The lowest BCUT2D eigenvalue weighted by molar-refractivity contribution is 0.583. The minimum atomic E-state index is -4.14. The summed E-state index contributed by atoms with van der Waals surface area (Å²) in [6, 6.07) is 17.0. The zero-order valence-corrected chi connectivity index (χ0v) is 15.2. The van der Waals surface area contributed by atoms with Crippen LogP contribution < -0.4 is 11.5 Å². The van der Waals surface area contributed by atoms with Crippen LogP contribution in [0.4, 0.5) is 11.4 Å². The summed E-state index contributed by atoms with van der Waals surface area (Å²) in [6.45, 7) is 0. The van der Waals surface area contributed by atoms with Gasteiger partial charge in [-0.25, -0.2) is 16.8 Å². The molecule has 4 N–H and O–H groups in total. The van der Waals surface area contributed by atoms with E-state index in [0.717, 1.165) is 0 Å². The second-order valence-corrected chi connectivity index (χ2v) is 9.37. The minimum Gasteiger partial charge on any atom is -0.399 e. The van der Waals surface area contributed by atoms with Gasteiger partial charge in [0.05, 0.1) is 25.3 Å². The standard InChI is InChI=1S/C18H16N2O4S2/c19-13-6-5-7-14(12-13)25(21,22)17-10-3-4-11-18(17)26(23,24)16-9-2-1-8-15(16)20/h1-12H,19-20H2. The molecule has 26 heavy (non-hydrogen) atoms. The highest BCUT2D eigenvalue weighted by Gasteiger charge is 2.29. The van der Waals surface area contributed by atoms with Crippen molar-refractivity contribution >= 4 is 31.0 Å². The Morgan fingerprint density at radius 2 is 1.12 bits per heavy atom. The van der Waals surface area contributed by atoms with Crippen molar-refractivity contribution in [1.29, 1.82) is 0 Å². The Balaban J connectivity index is 2.27. The highest BCUT2D eigenvalue weighted by Crippen LogP contribution is 2.33. The number of nitrogens with two attached hydrogens (primary N) is 2. The maximum Gasteiger partial charge on any atom is 0.209 e. The molecule has 0 saturated carbocycles. The molecule has 0 spiro atoms. The van der Waals surface area contributed by atoms with Gasteiger partial charge in [-0.15, -0.1) is 0 Å². The Labute approximate surface area is 151 Å². The molecule has 0 aliphatic carbocycles. The van der Waals surface area contributed by atoms with E-state index in [1.807, 2.05) is 0 Å². The molecular formula is C18H16N2O4S2. The molecule has 0 amide bonds. The molecule has 0 fully saturated rings. The quantitative estimate of drug-likeness (QED) is 0.663. The van der Waals surface area contributed by atoms with E-state index in [-0.39, 0.29) is 31.0 Å². The van der Waals surface area contributed by atoms with Crippen LogP contribution in [0.25, 0.3) is 0 Å². The summed E-state index contributed by atoms with van der Waals surface area (Å²) in [5.74, 6) is 0. The van der Waals surface area contributed by atoms with E-state index in [2.05, 4.69) is 0 Å². The lowest BCUT2D eigenvalue weighted by Gasteiger charge is -2.13. The number of para-hydroxylation sites is 1. The fourth-order valence-corrected chi connectivity index (χ4v) is 6.06. The maximum atomic E-state index is 13.1. The number of anilines is 2. The summed E-state index contributed by atoms with van der Waals surface area (Å²) >= 11 is 0. The van der Waals surface area contributed by atoms with Gasteiger partial charge >= 0.3 is 0 Å². The summed E-state index contributed by atoms with van der Waals surface area (Å²) in [6.07, 6.45) is 0. The molecule has 0 unspecified atom stereocenters. The van der Waals surface area contributed by atoms with E-state index in [1.54, 1.807) is 12.1 Å². The van der Waals surface area contributed by atoms with E-state index >= 15 is 0 Å².